The molecule has 1 aliphatic heterocycles. The van der Waals surface area contributed by atoms with Gasteiger partial charge in [0.1, 0.15) is 11.5 Å². The fourth-order valence-electron chi connectivity index (χ4n) is 3.09. The van der Waals surface area contributed by atoms with Crippen molar-refractivity contribution in [1.29, 1.82) is 10.5 Å². The van der Waals surface area contributed by atoms with Gasteiger partial charge in [-0.3, -0.25) is 0 Å². The molecule has 0 saturated heterocycles. The van der Waals surface area contributed by atoms with Gasteiger partial charge in [-0.05, 0) is 54.1 Å². The number of cyclic esters (lactones) is 1. The minimum absolute atomic E-state index is 0.391. The first kappa shape index (κ1) is 20.7. The van der Waals surface area contributed by atoms with E-state index in [0.29, 0.717) is 37.3 Å². The summed E-state index contributed by atoms with van der Waals surface area (Å²) in [6, 6.07) is 19.2. The summed E-state index contributed by atoms with van der Waals surface area (Å²) < 4.78 is 10.5. The second-order valence-corrected chi connectivity index (χ2v) is 6.62. The number of carbonyl (C=O) groups is 1. The quantitative estimate of drug-likeness (QED) is 0.486. The maximum absolute atomic E-state index is 12.3. The molecule has 0 aliphatic carbocycles. The van der Waals surface area contributed by atoms with Crippen molar-refractivity contribution in [2.45, 2.75) is 12.8 Å². The topological polar surface area (TPSA) is 86.4 Å². The molecule has 150 valence electrons. The largest absolute Gasteiger partial charge is 0.497 e. The van der Waals surface area contributed by atoms with Crippen molar-refractivity contribution >= 4 is 23.5 Å². The fourth-order valence-corrected chi connectivity index (χ4v) is 3.09. The van der Waals surface area contributed by atoms with Crippen molar-refractivity contribution < 1.29 is 14.3 Å². The van der Waals surface area contributed by atoms with E-state index in [9.17, 15) is 4.79 Å². The molecule has 0 saturated carbocycles. The first-order valence-corrected chi connectivity index (χ1v) is 9.53. The lowest BCUT2D eigenvalue weighted by Gasteiger charge is -2.22. The van der Waals surface area contributed by atoms with Gasteiger partial charge in [0.25, 0.3) is 0 Å². The Morgan fingerprint density at radius 3 is 2.20 bits per heavy atom. The molecule has 3 rings (SSSR count). The highest BCUT2D eigenvalue weighted by Gasteiger charge is 2.22. The van der Waals surface area contributed by atoms with Gasteiger partial charge in [-0.1, -0.05) is 12.1 Å². The first-order chi connectivity index (χ1) is 14.6. The number of benzene rings is 2. The summed E-state index contributed by atoms with van der Waals surface area (Å²) in [6.07, 6.45) is 4.28. The van der Waals surface area contributed by atoms with E-state index in [0.717, 1.165) is 22.6 Å². The highest BCUT2D eigenvalue weighted by atomic mass is 16.5. The van der Waals surface area contributed by atoms with Gasteiger partial charge in [-0.15, -0.1) is 0 Å². The van der Waals surface area contributed by atoms with E-state index in [1.807, 2.05) is 53.4 Å². The number of methoxy groups -OCH3 is 1. The Labute approximate surface area is 175 Å². The van der Waals surface area contributed by atoms with Crippen molar-refractivity contribution in [2.75, 3.05) is 25.1 Å². The Hall–Kier alpha value is -4.03. The highest BCUT2D eigenvalue weighted by Crippen LogP contribution is 2.29. The zero-order valence-corrected chi connectivity index (χ0v) is 16.7. The summed E-state index contributed by atoms with van der Waals surface area (Å²) in [4.78, 5) is 14.3. The molecule has 0 amide bonds. The lowest BCUT2D eigenvalue weighted by molar-refractivity contribution is -0.130. The monoisotopic (exact) mass is 399 g/mol. The Morgan fingerprint density at radius 1 is 1.00 bits per heavy atom. The van der Waals surface area contributed by atoms with Crippen LogP contribution in [0.25, 0.3) is 11.8 Å². The predicted molar refractivity (Wildman–Crippen MR) is 114 cm³/mol. The van der Waals surface area contributed by atoms with Crippen LogP contribution in [0.5, 0.6) is 5.75 Å². The molecule has 6 heteroatoms. The van der Waals surface area contributed by atoms with Gasteiger partial charge in [0.15, 0.2) is 0 Å². The summed E-state index contributed by atoms with van der Waals surface area (Å²) in [5.41, 5.74) is 3.07. The van der Waals surface area contributed by atoms with Gasteiger partial charge in [-0.2, -0.15) is 10.5 Å². The van der Waals surface area contributed by atoms with Gasteiger partial charge in [0, 0.05) is 24.3 Å². The molecule has 6 nitrogen and oxygen atoms in total. The zero-order valence-electron chi connectivity index (χ0n) is 16.7. The second-order valence-electron chi connectivity index (χ2n) is 6.62. The van der Waals surface area contributed by atoms with Gasteiger partial charge >= 0.3 is 5.97 Å². The Morgan fingerprint density at radius 2 is 1.63 bits per heavy atom. The average molecular weight is 399 g/mol. The smallest absolute Gasteiger partial charge is 0.343 e. The second kappa shape index (κ2) is 9.95. The standard InChI is InChI=1S/C24H21N3O3/c1-29-22-10-6-19(7-11-22)23-17-20(24(28)30-23)16-18-4-8-21(9-5-18)27(14-2-12-25)15-3-13-26/h4-11,16-17H,2-3,14-15H2,1H3. The third-order valence-corrected chi connectivity index (χ3v) is 4.67. The third-order valence-electron chi connectivity index (χ3n) is 4.67. The van der Waals surface area contributed by atoms with Crippen LogP contribution in [0.4, 0.5) is 5.69 Å². The molecule has 2 aromatic carbocycles. The summed E-state index contributed by atoms with van der Waals surface area (Å²) in [5.74, 6) is 0.845. The molecule has 0 spiro atoms. The highest BCUT2D eigenvalue weighted by molar-refractivity contribution is 6.05. The predicted octanol–water partition coefficient (Wildman–Crippen LogP) is 4.31. The minimum atomic E-state index is -0.394. The molecule has 0 N–H and O–H groups in total. The van der Waals surface area contributed by atoms with Crippen LogP contribution < -0.4 is 9.64 Å². The number of hydrogen-bond donors (Lipinski definition) is 0. The number of rotatable bonds is 8. The molecule has 1 aliphatic rings. The fraction of sp³-hybridized carbons (Fsp3) is 0.208. The Balaban J connectivity index is 1.77. The average Bonchev–Trinajstić information content (AvgIpc) is 3.15. The number of nitrogens with zero attached hydrogens (tertiary/aromatic N) is 3. The van der Waals surface area contributed by atoms with E-state index in [2.05, 4.69) is 12.1 Å². The number of esters is 1. The Kier molecular flexibility index (Phi) is 6.87. The number of hydrogen-bond acceptors (Lipinski definition) is 6. The van der Waals surface area contributed by atoms with E-state index in [1.165, 1.54) is 0 Å². The molecule has 0 aromatic heterocycles. The van der Waals surface area contributed by atoms with Crippen molar-refractivity contribution in [3.8, 4) is 17.9 Å². The van der Waals surface area contributed by atoms with Crippen LogP contribution in [0.15, 0.2) is 60.2 Å². The van der Waals surface area contributed by atoms with Gasteiger partial charge in [0.2, 0.25) is 0 Å². The van der Waals surface area contributed by atoms with E-state index in [4.69, 9.17) is 20.0 Å². The SMILES string of the molecule is COc1ccc(C2=CC(=Cc3ccc(N(CCC#N)CCC#N)cc3)C(=O)O2)cc1. The number of carbonyl (C=O) groups excluding carboxylic acids is 1. The van der Waals surface area contributed by atoms with E-state index in [1.54, 1.807) is 19.3 Å². The molecule has 0 bridgehead atoms. The normalized spacial score (nSPS) is 13.9. The van der Waals surface area contributed by atoms with Gasteiger partial charge in [-0.25, -0.2) is 4.79 Å². The summed E-state index contributed by atoms with van der Waals surface area (Å²) >= 11 is 0. The number of ether oxygens (including phenoxy) is 2. The van der Waals surface area contributed by atoms with Crippen LogP contribution in [0.1, 0.15) is 24.0 Å². The van der Waals surface area contributed by atoms with E-state index < -0.39 is 5.97 Å². The number of nitriles is 2. The van der Waals surface area contributed by atoms with Crippen molar-refractivity contribution in [1.82, 2.24) is 0 Å². The molecular formula is C24H21N3O3. The number of anilines is 1. The van der Waals surface area contributed by atoms with Crippen LogP contribution in [0.3, 0.4) is 0 Å². The lowest BCUT2D eigenvalue weighted by Crippen LogP contribution is -2.25. The van der Waals surface area contributed by atoms with Crippen LogP contribution in [-0.4, -0.2) is 26.2 Å². The summed E-state index contributed by atoms with van der Waals surface area (Å²) in [6.45, 7) is 1.14. The van der Waals surface area contributed by atoms with Crippen LogP contribution in [-0.2, 0) is 9.53 Å². The van der Waals surface area contributed by atoms with Crippen molar-refractivity contribution in [2.24, 2.45) is 0 Å². The van der Waals surface area contributed by atoms with Crippen molar-refractivity contribution in [3.63, 3.8) is 0 Å². The maximum Gasteiger partial charge on any atom is 0.343 e. The summed E-state index contributed by atoms with van der Waals surface area (Å²) in [7, 11) is 1.60. The molecule has 30 heavy (non-hydrogen) atoms. The van der Waals surface area contributed by atoms with Crippen LogP contribution in [0.2, 0.25) is 0 Å². The third kappa shape index (κ3) is 5.06. The minimum Gasteiger partial charge on any atom is -0.497 e. The molecule has 2 aromatic rings. The van der Waals surface area contributed by atoms with E-state index in [-0.39, 0.29) is 0 Å². The van der Waals surface area contributed by atoms with Crippen molar-refractivity contribution in [3.05, 3.63) is 71.3 Å². The van der Waals surface area contributed by atoms with Gasteiger partial charge in [0.05, 0.1) is 37.7 Å². The van der Waals surface area contributed by atoms with E-state index >= 15 is 0 Å². The Bertz CT molecular complexity index is 1020. The van der Waals surface area contributed by atoms with Gasteiger partial charge < -0.3 is 14.4 Å². The molecular weight excluding hydrogens is 378 g/mol. The molecule has 0 fully saturated rings. The molecule has 0 atom stereocenters. The maximum atomic E-state index is 12.3. The molecule has 0 radical (unpaired) electrons. The van der Waals surface area contributed by atoms with Crippen LogP contribution in [0, 0.1) is 22.7 Å². The summed E-state index contributed by atoms with van der Waals surface area (Å²) in [5, 5.41) is 17.7. The molecule has 1 heterocycles. The zero-order chi connectivity index (χ0) is 21.3. The lowest BCUT2D eigenvalue weighted by atomic mass is 10.1. The first-order valence-electron chi connectivity index (χ1n) is 9.53. The van der Waals surface area contributed by atoms with Crippen LogP contribution >= 0.6 is 0 Å². The molecule has 0 unspecified atom stereocenters.